The standard InChI is InChI=1S/C14H19NO2S/c1-2-12(14-13(3-1)16-10-17-14)9-15-8-11-4-6-18-7-5-11/h1-3,11,15H,4-10H2. The van der Waals surface area contributed by atoms with Gasteiger partial charge in [0, 0.05) is 12.1 Å². The van der Waals surface area contributed by atoms with Crippen LogP contribution in [0.15, 0.2) is 18.2 Å². The summed E-state index contributed by atoms with van der Waals surface area (Å²) >= 11 is 2.08. The predicted octanol–water partition coefficient (Wildman–Crippen LogP) is 2.65. The zero-order valence-corrected chi connectivity index (χ0v) is 11.3. The van der Waals surface area contributed by atoms with E-state index in [2.05, 4.69) is 23.1 Å². The van der Waals surface area contributed by atoms with Crippen molar-refractivity contribution in [3.63, 3.8) is 0 Å². The highest BCUT2D eigenvalue weighted by molar-refractivity contribution is 7.99. The summed E-state index contributed by atoms with van der Waals surface area (Å²) in [4.78, 5) is 0. The maximum Gasteiger partial charge on any atom is 0.231 e. The van der Waals surface area contributed by atoms with Crippen molar-refractivity contribution in [2.45, 2.75) is 19.4 Å². The quantitative estimate of drug-likeness (QED) is 0.906. The summed E-state index contributed by atoms with van der Waals surface area (Å²) < 4.78 is 10.9. The molecule has 2 aliphatic rings. The van der Waals surface area contributed by atoms with Crippen LogP contribution in [0.5, 0.6) is 11.5 Å². The molecule has 0 aromatic heterocycles. The molecule has 0 aliphatic carbocycles. The summed E-state index contributed by atoms with van der Waals surface area (Å²) in [5, 5.41) is 3.56. The van der Waals surface area contributed by atoms with E-state index in [1.165, 1.54) is 29.9 Å². The number of hydrogen-bond donors (Lipinski definition) is 1. The van der Waals surface area contributed by atoms with Gasteiger partial charge in [-0.15, -0.1) is 0 Å². The normalized spacial score (nSPS) is 19.1. The van der Waals surface area contributed by atoms with Gasteiger partial charge in [0.2, 0.25) is 6.79 Å². The minimum atomic E-state index is 0.353. The second-order valence-electron chi connectivity index (χ2n) is 4.84. The van der Waals surface area contributed by atoms with Crippen molar-refractivity contribution >= 4 is 11.8 Å². The van der Waals surface area contributed by atoms with Crippen LogP contribution in [0.1, 0.15) is 18.4 Å². The van der Waals surface area contributed by atoms with Gasteiger partial charge in [0.15, 0.2) is 11.5 Å². The maximum atomic E-state index is 5.51. The van der Waals surface area contributed by atoms with Crippen LogP contribution in [0.3, 0.4) is 0 Å². The average Bonchev–Trinajstić information content (AvgIpc) is 2.89. The highest BCUT2D eigenvalue weighted by atomic mass is 32.2. The minimum Gasteiger partial charge on any atom is -0.454 e. The van der Waals surface area contributed by atoms with Gasteiger partial charge < -0.3 is 14.8 Å². The topological polar surface area (TPSA) is 30.5 Å². The summed E-state index contributed by atoms with van der Waals surface area (Å²) in [5.41, 5.74) is 1.20. The van der Waals surface area contributed by atoms with Crippen molar-refractivity contribution in [3.8, 4) is 11.5 Å². The Labute approximate surface area is 112 Å². The second kappa shape index (κ2) is 5.85. The Bertz CT molecular complexity index is 405. The Morgan fingerprint density at radius 3 is 3.00 bits per heavy atom. The number of para-hydroxylation sites is 1. The molecule has 3 rings (SSSR count). The van der Waals surface area contributed by atoms with Crippen LogP contribution in [0.4, 0.5) is 0 Å². The van der Waals surface area contributed by atoms with E-state index < -0.39 is 0 Å². The van der Waals surface area contributed by atoms with E-state index in [1.54, 1.807) is 0 Å². The molecular formula is C14H19NO2S. The largest absolute Gasteiger partial charge is 0.454 e. The molecule has 2 aliphatic heterocycles. The van der Waals surface area contributed by atoms with Crippen molar-refractivity contribution in [2.75, 3.05) is 24.8 Å². The first-order chi connectivity index (χ1) is 8.93. The number of hydrogen-bond acceptors (Lipinski definition) is 4. The second-order valence-corrected chi connectivity index (χ2v) is 6.06. The third-order valence-electron chi connectivity index (χ3n) is 3.57. The molecule has 0 unspecified atom stereocenters. The number of thioether (sulfide) groups is 1. The molecule has 98 valence electrons. The van der Waals surface area contributed by atoms with Crippen molar-refractivity contribution in [2.24, 2.45) is 5.92 Å². The zero-order valence-electron chi connectivity index (χ0n) is 10.5. The van der Waals surface area contributed by atoms with E-state index in [9.17, 15) is 0 Å². The fourth-order valence-electron chi connectivity index (χ4n) is 2.49. The lowest BCUT2D eigenvalue weighted by Gasteiger charge is -2.21. The van der Waals surface area contributed by atoms with Crippen molar-refractivity contribution in [3.05, 3.63) is 23.8 Å². The van der Waals surface area contributed by atoms with E-state index in [4.69, 9.17) is 9.47 Å². The molecule has 1 saturated heterocycles. The molecule has 1 fully saturated rings. The van der Waals surface area contributed by atoms with E-state index in [1.807, 2.05) is 12.1 Å². The number of benzene rings is 1. The Morgan fingerprint density at radius 2 is 2.11 bits per heavy atom. The first-order valence-electron chi connectivity index (χ1n) is 6.59. The van der Waals surface area contributed by atoms with Gasteiger partial charge in [-0.25, -0.2) is 0 Å². The highest BCUT2D eigenvalue weighted by Gasteiger charge is 2.17. The molecule has 1 N–H and O–H groups in total. The summed E-state index contributed by atoms with van der Waals surface area (Å²) in [6.07, 6.45) is 2.70. The van der Waals surface area contributed by atoms with Crippen molar-refractivity contribution < 1.29 is 9.47 Å². The van der Waals surface area contributed by atoms with E-state index in [-0.39, 0.29) is 0 Å². The third-order valence-corrected chi connectivity index (χ3v) is 4.62. The monoisotopic (exact) mass is 265 g/mol. The van der Waals surface area contributed by atoms with Gasteiger partial charge in [-0.3, -0.25) is 0 Å². The smallest absolute Gasteiger partial charge is 0.231 e. The lowest BCUT2D eigenvalue weighted by atomic mass is 10.0. The lowest BCUT2D eigenvalue weighted by Crippen LogP contribution is -2.25. The molecule has 4 heteroatoms. The van der Waals surface area contributed by atoms with E-state index in [0.717, 1.165) is 30.5 Å². The van der Waals surface area contributed by atoms with Crippen LogP contribution in [0.25, 0.3) is 0 Å². The molecule has 2 heterocycles. The van der Waals surface area contributed by atoms with Gasteiger partial charge in [-0.05, 0) is 42.9 Å². The van der Waals surface area contributed by atoms with E-state index in [0.29, 0.717) is 6.79 Å². The molecule has 0 atom stereocenters. The predicted molar refractivity (Wildman–Crippen MR) is 74.3 cm³/mol. The number of fused-ring (bicyclic) bond motifs is 1. The first-order valence-corrected chi connectivity index (χ1v) is 7.75. The summed E-state index contributed by atoms with van der Waals surface area (Å²) in [6.45, 7) is 2.34. The fraction of sp³-hybridized carbons (Fsp3) is 0.571. The Hall–Kier alpha value is -0.870. The summed E-state index contributed by atoms with van der Waals surface area (Å²) in [5.74, 6) is 5.29. The van der Waals surface area contributed by atoms with Crippen LogP contribution in [-0.4, -0.2) is 24.8 Å². The van der Waals surface area contributed by atoms with Gasteiger partial charge in [0.1, 0.15) is 0 Å². The highest BCUT2D eigenvalue weighted by Crippen LogP contribution is 2.35. The molecule has 18 heavy (non-hydrogen) atoms. The van der Waals surface area contributed by atoms with Crippen LogP contribution in [-0.2, 0) is 6.54 Å². The van der Waals surface area contributed by atoms with Gasteiger partial charge >= 0.3 is 0 Å². The van der Waals surface area contributed by atoms with Crippen LogP contribution in [0.2, 0.25) is 0 Å². The summed E-state index contributed by atoms with van der Waals surface area (Å²) in [7, 11) is 0. The Kier molecular flexibility index (Phi) is 3.96. The SMILES string of the molecule is c1cc(CNCC2CCSCC2)c2c(c1)OCO2. The zero-order chi connectivity index (χ0) is 12.2. The van der Waals surface area contributed by atoms with Gasteiger partial charge in [-0.2, -0.15) is 11.8 Å². The number of ether oxygens (including phenoxy) is 2. The Morgan fingerprint density at radius 1 is 1.22 bits per heavy atom. The number of nitrogens with one attached hydrogen (secondary N) is 1. The first kappa shape index (κ1) is 12.2. The van der Waals surface area contributed by atoms with Gasteiger partial charge in [0.05, 0.1) is 0 Å². The van der Waals surface area contributed by atoms with Crippen LogP contribution in [0, 0.1) is 5.92 Å². The molecule has 0 spiro atoms. The van der Waals surface area contributed by atoms with Crippen molar-refractivity contribution in [1.29, 1.82) is 0 Å². The number of rotatable bonds is 4. The molecular weight excluding hydrogens is 246 g/mol. The summed E-state index contributed by atoms with van der Waals surface area (Å²) in [6, 6.07) is 6.10. The molecule has 1 aromatic carbocycles. The van der Waals surface area contributed by atoms with Crippen molar-refractivity contribution in [1.82, 2.24) is 5.32 Å². The fourth-order valence-corrected chi connectivity index (χ4v) is 3.70. The molecule has 0 amide bonds. The third kappa shape index (κ3) is 2.75. The molecule has 0 bridgehead atoms. The van der Waals surface area contributed by atoms with Crippen LogP contribution >= 0.6 is 11.8 Å². The van der Waals surface area contributed by atoms with E-state index >= 15 is 0 Å². The molecule has 0 saturated carbocycles. The molecule has 3 nitrogen and oxygen atoms in total. The molecule has 1 aromatic rings. The van der Waals surface area contributed by atoms with Gasteiger partial charge in [0.25, 0.3) is 0 Å². The lowest BCUT2D eigenvalue weighted by molar-refractivity contribution is 0.173. The minimum absolute atomic E-state index is 0.353. The Balaban J connectivity index is 1.52. The maximum absolute atomic E-state index is 5.51. The molecule has 0 radical (unpaired) electrons. The average molecular weight is 265 g/mol. The van der Waals surface area contributed by atoms with Gasteiger partial charge in [-0.1, -0.05) is 12.1 Å². The van der Waals surface area contributed by atoms with Crippen LogP contribution < -0.4 is 14.8 Å².